The number of anilines is 1. The summed E-state index contributed by atoms with van der Waals surface area (Å²) in [5, 5.41) is 6.35. The summed E-state index contributed by atoms with van der Waals surface area (Å²) in [6.45, 7) is 4.46. The van der Waals surface area contributed by atoms with E-state index in [1.54, 1.807) is 24.3 Å². The van der Waals surface area contributed by atoms with E-state index in [0.717, 1.165) is 5.69 Å². The number of halogens is 1. The minimum atomic E-state index is -1.58. The topological polar surface area (TPSA) is 64.7 Å². The Balaban J connectivity index is 1.44. The van der Waals surface area contributed by atoms with Crippen LogP contribution in [0.2, 0.25) is 0 Å². The normalized spacial score (nSPS) is 20.2. The highest BCUT2D eigenvalue weighted by Crippen LogP contribution is 2.36. The minimum Gasteiger partial charge on any atom is -0.339 e. The third kappa shape index (κ3) is 4.40. The number of amides is 1. The smallest absolute Gasteiger partial charge is 0.247 e. The van der Waals surface area contributed by atoms with Gasteiger partial charge in [0.25, 0.3) is 0 Å². The van der Waals surface area contributed by atoms with E-state index in [2.05, 4.69) is 20.4 Å². The van der Waals surface area contributed by atoms with E-state index >= 15 is 0 Å². The molecule has 2 unspecified atom stereocenters. The standard InChI is InChI=1S/C25H31FN4O2/c1-2-27-22(17-21(26)23(31)19-9-5-3-6-10-19)29-15-13-25(14-16-29)24(32)28-18-30(25)20-11-7-4-8-12-20/h3-12,21-22,27H,2,13-18H2,1H3,(H,28,32). The lowest BCUT2D eigenvalue weighted by atomic mass is 9.85. The number of ketones is 1. The molecule has 2 N–H and O–H groups in total. The van der Waals surface area contributed by atoms with Gasteiger partial charge in [0.2, 0.25) is 5.91 Å². The van der Waals surface area contributed by atoms with Crippen LogP contribution < -0.4 is 15.5 Å². The van der Waals surface area contributed by atoms with Crippen molar-refractivity contribution in [3.05, 3.63) is 66.2 Å². The monoisotopic (exact) mass is 438 g/mol. The van der Waals surface area contributed by atoms with Crippen molar-refractivity contribution in [1.29, 1.82) is 0 Å². The molecule has 170 valence electrons. The van der Waals surface area contributed by atoms with Gasteiger partial charge in [0.15, 0.2) is 12.0 Å². The number of para-hydroxylation sites is 1. The van der Waals surface area contributed by atoms with Crippen LogP contribution >= 0.6 is 0 Å². The molecule has 0 bridgehead atoms. The zero-order valence-electron chi connectivity index (χ0n) is 18.5. The first kappa shape index (κ1) is 22.4. The fourth-order valence-corrected chi connectivity index (χ4v) is 4.92. The highest BCUT2D eigenvalue weighted by atomic mass is 19.1. The quantitative estimate of drug-likeness (QED) is 0.621. The Morgan fingerprint density at radius 3 is 2.34 bits per heavy atom. The fraction of sp³-hybridized carbons (Fsp3) is 0.440. The fourth-order valence-electron chi connectivity index (χ4n) is 4.92. The number of hydrogen-bond donors (Lipinski definition) is 2. The van der Waals surface area contributed by atoms with Gasteiger partial charge in [-0.05, 0) is 31.5 Å². The maximum atomic E-state index is 15.0. The molecule has 2 aromatic carbocycles. The van der Waals surface area contributed by atoms with Crippen molar-refractivity contribution in [2.45, 2.75) is 44.1 Å². The van der Waals surface area contributed by atoms with Gasteiger partial charge < -0.3 is 15.5 Å². The van der Waals surface area contributed by atoms with Crippen molar-refractivity contribution >= 4 is 17.4 Å². The van der Waals surface area contributed by atoms with Gasteiger partial charge in [0, 0.05) is 30.8 Å². The summed E-state index contributed by atoms with van der Waals surface area (Å²) in [4.78, 5) is 29.7. The molecule has 0 aliphatic carbocycles. The molecule has 1 spiro atoms. The third-order valence-electron chi connectivity index (χ3n) is 6.68. The number of alkyl halides is 1. The van der Waals surface area contributed by atoms with Crippen LogP contribution in [0.3, 0.4) is 0 Å². The lowest BCUT2D eigenvalue weighted by molar-refractivity contribution is -0.125. The van der Waals surface area contributed by atoms with Crippen LogP contribution in [0.15, 0.2) is 60.7 Å². The van der Waals surface area contributed by atoms with E-state index in [1.807, 2.05) is 43.3 Å². The molecule has 6 nitrogen and oxygen atoms in total. The summed E-state index contributed by atoms with van der Waals surface area (Å²) in [6.07, 6.45) is -0.440. The zero-order valence-corrected chi connectivity index (χ0v) is 18.5. The van der Waals surface area contributed by atoms with E-state index in [-0.39, 0.29) is 18.5 Å². The molecule has 2 heterocycles. The number of carbonyl (C=O) groups is 2. The van der Waals surface area contributed by atoms with Crippen LogP contribution in [0.1, 0.15) is 36.5 Å². The molecule has 1 amide bonds. The second-order valence-electron chi connectivity index (χ2n) is 8.50. The molecule has 7 heteroatoms. The lowest BCUT2D eigenvalue weighted by Gasteiger charge is -2.45. The molecule has 4 rings (SSSR count). The van der Waals surface area contributed by atoms with Crippen molar-refractivity contribution in [1.82, 2.24) is 15.5 Å². The number of hydrogen-bond acceptors (Lipinski definition) is 5. The predicted molar refractivity (Wildman–Crippen MR) is 123 cm³/mol. The van der Waals surface area contributed by atoms with E-state index in [0.29, 0.717) is 44.7 Å². The van der Waals surface area contributed by atoms with E-state index in [9.17, 15) is 14.0 Å². The number of benzene rings is 2. The average Bonchev–Trinajstić information content (AvgIpc) is 3.15. The average molecular weight is 439 g/mol. The molecular weight excluding hydrogens is 407 g/mol. The molecule has 2 aliphatic heterocycles. The maximum absolute atomic E-state index is 15.0. The second-order valence-corrected chi connectivity index (χ2v) is 8.50. The molecule has 32 heavy (non-hydrogen) atoms. The van der Waals surface area contributed by atoms with Crippen molar-refractivity contribution in [3.63, 3.8) is 0 Å². The first-order chi connectivity index (χ1) is 15.5. The van der Waals surface area contributed by atoms with Gasteiger partial charge in [-0.25, -0.2) is 4.39 Å². The molecule has 2 fully saturated rings. The summed E-state index contributed by atoms with van der Waals surface area (Å²) in [5.74, 6) is -0.420. The Kier molecular flexibility index (Phi) is 6.86. The number of rotatable bonds is 8. The van der Waals surface area contributed by atoms with E-state index < -0.39 is 17.5 Å². The molecule has 2 aliphatic rings. The number of likely N-dealkylation sites (tertiary alicyclic amines) is 1. The first-order valence-electron chi connectivity index (χ1n) is 11.4. The number of Topliss-reactive ketones (excluding diaryl/α,β-unsaturated/α-hetero) is 1. The summed E-state index contributed by atoms with van der Waals surface area (Å²) < 4.78 is 15.0. The Bertz CT molecular complexity index is 916. The van der Waals surface area contributed by atoms with Crippen LogP contribution in [0.5, 0.6) is 0 Å². The van der Waals surface area contributed by atoms with Gasteiger partial charge >= 0.3 is 0 Å². The number of nitrogens with one attached hydrogen (secondary N) is 2. The Labute approximate surface area is 188 Å². The van der Waals surface area contributed by atoms with Crippen LogP contribution in [0, 0.1) is 0 Å². The predicted octanol–water partition coefficient (Wildman–Crippen LogP) is 2.96. The maximum Gasteiger partial charge on any atom is 0.247 e. The van der Waals surface area contributed by atoms with E-state index in [4.69, 9.17) is 0 Å². The van der Waals surface area contributed by atoms with Crippen LogP contribution in [0.4, 0.5) is 10.1 Å². The lowest BCUT2D eigenvalue weighted by Crippen LogP contribution is -2.60. The SMILES string of the molecule is CCNC(CC(F)C(=O)c1ccccc1)N1CCC2(CC1)C(=O)NCN2c1ccccc1. The van der Waals surface area contributed by atoms with Gasteiger partial charge in [-0.2, -0.15) is 0 Å². The highest BCUT2D eigenvalue weighted by Gasteiger charge is 2.50. The number of carbonyl (C=O) groups excluding carboxylic acids is 2. The summed E-state index contributed by atoms with van der Waals surface area (Å²) in [7, 11) is 0. The second kappa shape index (κ2) is 9.79. The number of nitrogens with zero attached hydrogens (tertiary/aromatic N) is 2. The van der Waals surface area contributed by atoms with Gasteiger partial charge in [0.05, 0.1) is 12.8 Å². The van der Waals surface area contributed by atoms with Crippen LogP contribution in [-0.4, -0.2) is 60.8 Å². The molecule has 0 aromatic heterocycles. The zero-order chi connectivity index (χ0) is 22.6. The highest BCUT2D eigenvalue weighted by molar-refractivity contribution is 5.99. The van der Waals surface area contributed by atoms with Gasteiger partial charge in [-0.3, -0.25) is 14.5 Å². The van der Waals surface area contributed by atoms with Crippen LogP contribution in [0.25, 0.3) is 0 Å². The Hall–Kier alpha value is -2.77. The Morgan fingerprint density at radius 1 is 1.09 bits per heavy atom. The third-order valence-corrected chi connectivity index (χ3v) is 6.68. The number of piperidine rings is 1. The molecule has 0 saturated carbocycles. The molecule has 0 radical (unpaired) electrons. The van der Waals surface area contributed by atoms with Crippen molar-refractivity contribution in [2.24, 2.45) is 0 Å². The van der Waals surface area contributed by atoms with Gasteiger partial charge in [-0.15, -0.1) is 0 Å². The molecule has 2 aromatic rings. The largest absolute Gasteiger partial charge is 0.339 e. The summed E-state index contributed by atoms with van der Waals surface area (Å²) in [6, 6.07) is 18.6. The van der Waals surface area contributed by atoms with Crippen molar-refractivity contribution in [3.8, 4) is 0 Å². The summed E-state index contributed by atoms with van der Waals surface area (Å²) in [5.41, 5.74) is 0.845. The molecular formula is C25H31FN4O2. The van der Waals surface area contributed by atoms with Crippen LogP contribution in [-0.2, 0) is 4.79 Å². The molecule has 2 atom stereocenters. The van der Waals surface area contributed by atoms with Crippen molar-refractivity contribution < 1.29 is 14.0 Å². The Morgan fingerprint density at radius 2 is 1.72 bits per heavy atom. The van der Waals surface area contributed by atoms with Gasteiger partial charge in [-0.1, -0.05) is 55.5 Å². The summed E-state index contributed by atoms with van der Waals surface area (Å²) >= 11 is 0. The first-order valence-corrected chi connectivity index (χ1v) is 11.4. The molecule has 2 saturated heterocycles. The van der Waals surface area contributed by atoms with Gasteiger partial charge in [0.1, 0.15) is 5.54 Å². The minimum absolute atomic E-state index is 0.0589. The van der Waals surface area contributed by atoms with Crippen molar-refractivity contribution in [2.75, 3.05) is 31.2 Å². The van der Waals surface area contributed by atoms with E-state index in [1.165, 1.54) is 0 Å².